The largest absolute Gasteiger partial charge is 0.292 e. The molecule has 0 atom stereocenters. The standard InChI is InChI=1S/C7H7NS/c1-3-8-5-6-2-4-9-7(1)6/h2,4-5H,1,3H2. The van der Waals surface area contributed by atoms with Crippen molar-refractivity contribution in [3.05, 3.63) is 21.9 Å². The molecule has 0 N–H and O–H groups in total. The van der Waals surface area contributed by atoms with Crippen molar-refractivity contribution in [2.75, 3.05) is 6.54 Å². The molecule has 9 heavy (non-hydrogen) atoms. The predicted octanol–water partition coefficient (Wildman–Crippen LogP) is 1.72. The average Bonchev–Trinajstić information content (AvgIpc) is 2.33. The van der Waals surface area contributed by atoms with Crippen LogP contribution in [0.4, 0.5) is 0 Å². The van der Waals surface area contributed by atoms with Crippen LogP contribution in [0.1, 0.15) is 10.4 Å². The Morgan fingerprint density at radius 2 is 2.56 bits per heavy atom. The minimum absolute atomic E-state index is 0.980. The van der Waals surface area contributed by atoms with Crippen molar-refractivity contribution in [1.82, 2.24) is 0 Å². The van der Waals surface area contributed by atoms with Crippen molar-refractivity contribution in [1.29, 1.82) is 0 Å². The van der Waals surface area contributed by atoms with Gasteiger partial charge in [0.2, 0.25) is 0 Å². The smallest absolute Gasteiger partial charge is 0.0438 e. The van der Waals surface area contributed by atoms with Crippen LogP contribution in [-0.4, -0.2) is 12.8 Å². The highest BCUT2D eigenvalue weighted by atomic mass is 32.1. The molecule has 1 aliphatic heterocycles. The lowest BCUT2D eigenvalue weighted by atomic mass is 10.2. The van der Waals surface area contributed by atoms with Crippen molar-refractivity contribution in [3.8, 4) is 0 Å². The lowest BCUT2D eigenvalue weighted by Crippen LogP contribution is -1.97. The topological polar surface area (TPSA) is 12.4 Å². The summed E-state index contributed by atoms with van der Waals surface area (Å²) in [7, 11) is 0. The van der Waals surface area contributed by atoms with Gasteiger partial charge in [0.05, 0.1) is 0 Å². The number of rotatable bonds is 0. The van der Waals surface area contributed by atoms with Gasteiger partial charge in [-0.3, -0.25) is 4.99 Å². The summed E-state index contributed by atoms with van der Waals surface area (Å²) in [6, 6.07) is 2.13. The van der Waals surface area contributed by atoms with Crippen molar-refractivity contribution in [2.45, 2.75) is 6.42 Å². The normalized spacial score (nSPS) is 15.6. The first kappa shape index (κ1) is 5.18. The highest BCUT2D eigenvalue weighted by Crippen LogP contribution is 2.17. The third-order valence-electron chi connectivity index (χ3n) is 1.48. The molecule has 1 aliphatic rings. The Kier molecular flexibility index (Phi) is 1.12. The van der Waals surface area contributed by atoms with E-state index in [4.69, 9.17) is 0 Å². The molecular formula is C7H7NS. The van der Waals surface area contributed by atoms with E-state index in [1.807, 2.05) is 17.6 Å². The first-order valence-corrected chi connectivity index (χ1v) is 3.91. The van der Waals surface area contributed by atoms with Crippen LogP contribution in [0.15, 0.2) is 16.4 Å². The zero-order valence-electron chi connectivity index (χ0n) is 5.00. The minimum atomic E-state index is 0.980. The summed E-state index contributed by atoms with van der Waals surface area (Å²) in [4.78, 5) is 5.66. The van der Waals surface area contributed by atoms with E-state index in [1.165, 1.54) is 10.4 Å². The zero-order valence-corrected chi connectivity index (χ0v) is 5.82. The maximum absolute atomic E-state index is 4.17. The van der Waals surface area contributed by atoms with E-state index in [2.05, 4.69) is 16.4 Å². The summed E-state index contributed by atoms with van der Waals surface area (Å²) in [5.74, 6) is 0. The zero-order chi connectivity index (χ0) is 6.10. The van der Waals surface area contributed by atoms with E-state index < -0.39 is 0 Å². The second kappa shape index (κ2) is 1.95. The van der Waals surface area contributed by atoms with Crippen LogP contribution < -0.4 is 0 Å². The van der Waals surface area contributed by atoms with Gasteiger partial charge in [0, 0.05) is 29.6 Å². The molecule has 0 saturated carbocycles. The molecule has 0 saturated heterocycles. The molecule has 1 aromatic rings. The molecule has 2 heterocycles. The van der Waals surface area contributed by atoms with Crippen molar-refractivity contribution in [2.24, 2.45) is 4.99 Å². The average molecular weight is 137 g/mol. The van der Waals surface area contributed by atoms with Crippen molar-refractivity contribution < 1.29 is 0 Å². The Balaban J connectivity index is 2.53. The molecule has 1 aromatic heterocycles. The summed E-state index contributed by atoms with van der Waals surface area (Å²) in [5, 5.41) is 2.13. The van der Waals surface area contributed by atoms with E-state index in [0.29, 0.717) is 0 Å². The third kappa shape index (κ3) is 0.793. The lowest BCUT2D eigenvalue weighted by Gasteiger charge is -2.00. The molecule has 0 unspecified atom stereocenters. The highest BCUT2D eigenvalue weighted by Gasteiger charge is 2.03. The number of hydrogen-bond donors (Lipinski definition) is 0. The van der Waals surface area contributed by atoms with E-state index >= 15 is 0 Å². The summed E-state index contributed by atoms with van der Waals surface area (Å²) in [6.45, 7) is 0.980. The van der Waals surface area contributed by atoms with Gasteiger partial charge in [-0.25, -0.2) is 0 Å². The molecule has 0 fully saturated rings. The van der Waals surface area contributed by atoms with Crippen LogP contribution in [0, 0.1) is 0 Å². The Morgan fingerprint density at radius 1 is 1.56 bits per heavy atom. The van der Waals surface area contributed by atoms with Gasteiger partial charge in [-0.2, -0.15) is 0 Å². The number of thiophene rings is 1. The Bertz CT molecular complexity index is 237. The lowest BCUT2D eigenvalue weighted by molar-refractivity contribution is 0.974. The van der Waals surface area contributed by atoms with E-state index in [1.54, 1.807) is 0 Å². The first-order chi connectivity index (χ1) is 4.47. The second-order valence-corrected chi connectivity index (χ2v) is 3.09. The number of hydrogen-bond acceptors (Lipinski definition) is 2. The summed E-state index contributed by atoms with van der Waals surface area (Å²) >= 11 is 1.83. The van der Waals surface area contributed by atoms with Crippen molar-refractivity contribution >= 4 is 17.6 Å². The van der Waals surface area contributed by atoms with Crippen LogP contribution in [0.5, 0.6) is 0 Å². The molecule has 0 aromatic carbocycles. The Morgan fingerprint density at radius 3 is 3.44 bits per heavy atom. The predicted molar refractivity (Wildman–Crippen MR) is 40.5 cm³/mol. The van der Waals surface area contributed by atoms with Gasteiger partial charge >= 0.3 is 0 Å². The van der Waals surface area contributed by atoms with Gasteiger partial charge in [0.1, 0.15) is 0 Å². The maximum atomic E-state index is 4.17. The molecule has 0 radical (unpaired) electrons. The summed E-state index contributed by atoms with van der Waals surface area (Å²) in [6.07, 6.45) is 3.11. The van der Waals surface area contributed by atoms with E-state index in [0.717, 1.165) is 13.0 Å². The number of aliphatic imine (C=N–C) groups is 1. The third-order valence-corrected chi connectivity index (χ3v) is 2.47. The van der Waals surface area contributed by atoms with E-state index in [9.17, 15) is 0 Å². The quantitative estimate of drug-likeness (QED) is 0.516. The molecule has 0 spiro atoms. The van der Waals surface area contributed by atoms with Crippen molar-refractivity contribution in [3.63, 3.8) is 0 Å². The molecule has 1 nitrogen and oxygen atoms in total. The minimum Gasteiger partial charge on any atom is -0.292 e. The summed E-state index contributed by atoms with van der Waals surface area (Å²) in [5.41, 5.74) is 1.33. The van der Waals surface area contributed by atoms with Crippen LogP contribution in [0.3, 0.4) is 0 Å². The summed E-state index contributed by atoms with van der Waals surface area (Å²) < 4.78 is 0. The molecule has 0 aliphatic carbocycles. The Hall–Kier alpha value is -0.630. The van der Waals surface area contributed by atoms with Gasteiger partial charge in [0.25, 0.3) is 0 Å². The molecule has 0 amide bonds. The van der Waals surface area contributed by atoms with Gasteiger partial charge in [-0.1, -0.05) is 0 Å². The van der Waals surface area contributed by atoms with Crippen LogP contribution in [0.2, 0.25) is 0 Å². The second-order valence-electron chi connectivity index (χ2n) is 2.08. The van der Waals surface area contributed by atoms with Gasteiger partial charge in [0.15, 0.2) is 0 Å². The van der Waals surface area contributed by atoms with Crippen LogP contribution in [0.25, 0.3) is 0 Å². The SMILES string of the molecule is C1=NCCc2sccc21. The molecular weight excluding hydrogens is 130 g/mol. The number of nitrogens with zero attached hydrogens (tertiary/aromatic N) is 1. The van der Waals surface area contributed by atoms with Gasteiger partial charge in [-0.15, -0.1) is 11.3 Å². The van der Waals surface area contributed by atoms with Gasteiger partial charge in [-0.05, 0) is 11.4 Å². The first-order valence-electron chi connectivity index (χ1n) is 3.03. The van der Waals surface area contributed by atoms with E-state index in [-0.39, 0.29) is 0 Å². The molecule has 0 bridgehead atoms. The fourth-order valence-electron chi connectivity index (χ4n) is 0.998. The molecule has 46 valence electrons. The van der Waals surface area contributed by atoms with Crippen LogP contribution in [-0.2, 0) is 6.42 Å². The highest BCUT2D eigenvalue weighted by molar-refractivity contribution is 7.10. The Labute approximate surface area is 58.1 Å². The molecule has 2 heteroatoms. The van der Waals surface area contributed by atoms with Gasteiger partial charge < -0.3 is 0 Å². The fourth-order valence-corrected chi connectivity index (χ4v) is 1.84. The number of fused-ring (bicyclic) bond motifs is 1. The monoisotopic (exact) mass is 137 g/mol. The van der Waals surface area contributed by atoms with Crippen LogP contribution >= 0.6 is 11.3 Å². The fraction of sp³-hybridized carbons (Fsp3) is 0.286. The maximum Gasteiger partial charge on any atom is 0.0438 e. The molecule has 2 rings (SSSR count).